The van der Waals surface area contributed by atoms with Gasteiger partial charge in [-0.2, -0.15) is 0 Å². The molecule has 1 N–H and O–H groups in total. The van der Waals surface area contributed by atoms with Gasteiger partial charge < -0.3 is 10.1 Å². The number of rotatable bonds is 6. The topological polar surface area (TPSA) is 51.2 Å². The Morgan fingerprint density at radius 2 is 2.28 bits per heavy atom. The largest absolute Gasteiger partial charge is 0.383 e. The number of ether oxygens (including phenoxy) is 1. The van der Waals surface area contributed by atoms with E-state index in [1.807, 2.05) is 6.92 Å². The Hall–Kier alpha value is -0.840. The number of hydrogen-bond acceptors (Lipinski definition) is 3. The lowest BCUT2D eigenvalue weighted by Gasteiger charge is -2.17. The summed E-state index contributed by atoms with van der Waals surface area (Å²) in [6.45, 7) is 2.51. The number of hydrogen-bond donors (Lipinski definition) is 1. The smallest absolute Gasteiger partial charge is 0.253 e. The number of amides is 1. The molecule has 0 aliphatic carbocycles. The number of carbonyl (C=O) groups is 1. The van der Waals surface area contributed by atoms with Crippen molar-refractivity contribution in [2.75, 3.05) is 13.7 Å². The number of aromatic nitrogens is 1. The lowest BCUT2D eigenvalue weighted by Crippen LogP contribution is -2.38. The second kappa shape index (κ2) is 7.56. The quantitative estimate of drug-likeness (QED) is 0.820. The molecule has 100 valence electrons. The summed E-state index contributed by atoms with van der Waals surface area (Å²) in [5, 5.41) is 3.39. The maximum atomic E-state index is 12.0. The van der Waals surface area contributed by atoms with Crippen molar-refractivity contribution in [2.45, 2.75) is 25.8 Å². The third-order valence-corrected chi connectivity index (χ3v) is 2.91. The van der Waals surface area contributed by atoms with Crippen LogP contribution in [-0.4, -0.2) is 30.6 Å². The van der Waals surface area contributed by atoms with Gasteiger partial charge in [-0.3, -0.25) is 4.79 Å². The third-order valence-electron chi connectivity index (χ3n) is 2.41. The Morgan fingerprint density at radius 3 is 2.89 bits per heavy atom. The average Bonchev–Trinajstić information content (AvgIpc) is 2.33. The summed E-state index contributed by atoms with van der Waals surface area (Å²) in [6.07, 6.45) is 3.17. The Labute approximate surface area is 117 Å². The van der Waals surface area contributed by atoms with Crippen LogP contribution in [0.2, 0.25) is 10.2 Å². The number of nitrogens with zero attached hydrogens (tertiary/aromatic N) is 1. The predicted molar refractivity (Wildman–Crippen MR) is 72.3 cm³/mol. The molecule has 1 unspecified atom stereocenters. The Bertz CT molecular complexity index is 407. The van der Waals surface area contributed by atoms with E-state index in [9.17, 15) is 4.79 Å². The Balaban J connectivity index is 2.76. The zero-order valence-corrected chi connectivity index (χ0v) is 11.9. The van der Waals surface area contributed by atoms with Crippen LogP contribution in [0.5, 0.6) is 0 Å². The molecule has 1 aromatic rings. The van der Waals surface area contributed by atoms with Gasteiger partial charge in [0.05, 0.1) is 23.2 Å². The third kappa shape index (κ3) is 4.44. The summed E-state index contributed by atoms with van der Waals surface area (Å²) in [7, 11) is 1.60. The van der Waals surface area contributed by atoms with Gasteiger partial charge in [0.25, 0.3) is 5.91 Å². The van der Waals surface area contributed by atoms with Crippen molar-refractivity contribution in [2.24, 2.45) is 0 Å². The maximum absolute atomic E-state index is 12.0. The zero-order valence-electron chi connectivity index (χ0n) is 10.4. The molecular formula is C12H16Cl2N2O2. The van der Waals surface area contributed by atoms with Gasteiger partial charge in [0.15, 0.2) is 0 Å². The first-order chi connectivity index (χ1) is 8.58. The van der Waals surface area contributed by atoms with E-state index in [1.165, 1.54) is 12.3 Å². The number of halogens is 2. The Morgan fingerprint density at radius 1 is 1.56 bits per heavy atom. The molecule has 0 saturated carbocycles. The molecule has 1 heterocycles. The van der Waals surface area contributed by atoms with E-state index in [0.29, 0.717) is 12.2 Å². The second-order valence-corrected chi connectivity index (χ2v) is 4.70. The highest BCUT2D eigenvalue weighted by molar-refractivity contribution is 6.35. The second-order valence-electron chi connectivity index (χ2n) is 3.90. The lowest BCUT2D eigenvalue weighted by atomic mass is 10.1. The minimum atomic E-state index is -0.264. The monoisotopic (exact) mass is 290 g/mol. The number of methoxy groups -OCH3 is 1. The van der Waals surface area contributed by atoms with Crippen LogP contribution in [0.4, 0.5) is 0 Å². The summed E-state index contributed by atoms with van der Waals surface area (Å²) in [5.41, 5.74) is 0.328. The number of nitrogens with one attached hydrogen (secondary N) is 1. The molecule has 18 heavy (non-hydrogen) atoms. The van der Waals surface area contributed by atoms with Crippen LogP contribution in [0.25, 0.3) is 0 Å². The summed E-state index contributed by atoms with van der Waals surface area (Å²) < 4.78 is 5.06. The average molecular weight is 291 g/mol. The van der Waals surface area contributed by atoms with Crippen LogP contribution in [0, 0.1) is 0 Å². The summed E-state index contributed by atoms with van der Waals surface area (Å²) in [4.78, 5) is 15.8. The molecule has 1 amide bonds. The molecule has 0 radical (unpaired) electrons. The molecule has 1 atom stereocenters. The van der Waals surface area contributed by atoms with Crippen molar-refractivity contribution in [1.29, 1.82) is 0 Å². The van der Waals surface area contributed by atoms with E-state index in [2.05, 4.69) is 10.3 Å². The summed E-state index contributed by atoms with van der Waals surface area (Å²) >= 11 is 11.7. The fourth-order valence-electron chi connectivity index (χ4n) is 1.60. The normalized spacial score (nSPS) is 12.2. The molecule has 1 aromatic heterocycles. The molecule has 0 saturated heterocycles. The van der Waals surface area contributed by atoms with Gasteiger partial charge in [0.1, 0.15) is 5.15 Å². The number of carbonyl (C=O) groups excluding carboxylic acids is 1. The van der Waals surface area contributed by atoms with Crippen molar-refractivity contribution in [1.82, 2.24) is 10.3 Å². The molecule has 0 bridgehead atoms. The van der Waals surface area contributed by atoms with E-state index in [1.54, 1.807) is 7.11 Å². The molecular weight excluding hydrogens is 275 g/mol. The van der Waals surface area contributed by atoms with Crippen LogP contribution in [0.1, 0.15) is 30.1 Å². The van der Waals surface area contributed by atoms with Gasteiger partial charge in [-0.25, -0.2) is 4.98 Å². The van der Waals surface area contributed by atoms with E-state index in [-0.39, 0.29) is 22.1 Å². The minimum absolute atomic E-state index is 0.0319. The van der Waals surface area contributed by atoms with Crippen LogP contribution in [0.3, 0.4) is 0 Å². The standard InChI is InChI=1S/C12H16Cl2N2O2/c1-3-4-8(7-18-2)16-12(17)9-5-11(14)15-6-10(9)13/h5-6,8H,3-4,7H2,1-2H3,(H,16,17). The van der Waals surface area contributed by atoms with Crippen LogP contribution >= 0.6 is 23.2 Å². The lowest BCUT2D eigenvalue weighted by molar-refractivity contribution is 0.0891. The maximum Gasteiger partial charge on any atom is 0.253 e. The molecule has 6 heteroatoms. The molecule has 0 aliphatic rings. The highest BCUT2D eigenvalue weighted by Crippen LogP contribution is 2.18. The van der Waals surface area contributed by atoms with Gasteiger partial charge in [0, 0.05) is 13.3 Å². The van der Waals surface area contributed by atoms with Crippen LogP contribution in [0.15, 0.2) is 12.3 Å². The van der Waals surface area contributed by atoms with Crippen molar-refractivity contribution in [3.8, 4) is 0 Å². The van der Waals surface area contributed by atoms with Gasteiger partial charge in [-0.15, -0.1) is 0 Å². The van der Waals surface area contributed by atoms with E-state index < -0.39 is 0 Å². The van der Waals surface area contributed by atoms with Gasteiger partial charge >= 0.3 is 0 Å². The molecule has 4 nitrogen and oxygen atoms in total. The Kier molecular flexibility index (Phi) is 6.39. The van der Waals surface area contributed by atoms with Gasteiger partial charge in [-0.05, 0) is 12.5 Å². The highest BCUT2D eigenvalue weighted by Gasteiger charge is 2.16. The molecule has 0 aliphatic heterocycles. The van der Waals surface area contributed by atoms with Crippen molar-refractivity contribution >= 4 is 29.1 Å². The highest BCUT2D eigenvalue weighted by atomic mass is 35.5. The van der Waals surface area contributed by atoms with E-state index in [4.69, 9.17) is 27.9 Å². The van der Waals surface area contributed by atoms with Crippen molar-refractivity contribution < 1.29 is 9.53 Å². The van der Waals surface area contributed by atoms with E-state index >= 15 is 0 Å². The molecule has 0 aromatic carbocycles. The first-order valence-corrected chi connectivity index (χ1v) is 6.45. The predicted octanol–water partition coefficient (Wildman–Crippen LogP) is 2.93. The fraction of sp³-hybridized carbons (Fsp3) is 0.500. The van der Waals surface area contributed by atoms with Crippen LogP contribution < -0.4 is 5.32 Å². The molecule has 0 spiro atoms. The first kappa shape index (κ1) is 15.2. The summed E-state index contributed by atoms with van der Waals surface area (Å²) in [5.74, 6) is -0.264. The van der Waals surface area contributed by atoms with Crippen molar-refractivity contribution in [3.63, 3.8) is 0 Å². The van der Waals surface area contributed by atoms with Gasteiger partial charge in [-0.1, -0.05) is 36.5 Å². The van der Waals surface area contributed by atoms with E-state index in [0.717, 1.165) is 12.8 Å². The zero-order chi connectivity index (χ0) is 13.5. The fourth-order valence-corrected chi connectivity index (χ4v) is 1.94. The van der Waals surface area contributed by atoms with Gasteiger partial charge in [0.2, 0.25) is 0 Å². The number of pyridine rings is 1. The molecule has 1 rings (SSSR count). The van der Waals surface area contributed by atoms with Crippen LogP contribution in [-0.2, 0) is 4.74 Å². The molecule has 0 fully saturated rings. The first-order valence-electron chi connectivity index (χ1n) is 5.69. The minimum Gasteiger partial charge on any atom is -0.383 e. The summed E-state index contributed by atoms with van der Waals surface area (Å²) in [6, 6.07) is 1.42. The van der Waals surface area contributed by atoms with Crippen molar-refractivity contribution in [3.05, 3.63) is 28.0 Å². The SMILES string of the molecule is CCCC(COC)NC(=O)c1cc(Cl)ncc1Cl.